The zero-order valence-electron chi connectivity index (χ0n) is 13.0. The highest BCUT2D eigenvalue weighted by atomic mass is 16.4. The fourth-order valence-corrected chi connectivity index (χ4v) is 2.45. The van der Waals surface area contributed by atoms with Crippen LogP contribution >= 0.6 is 0 Å². The molecule has 0 fully saturated rings. The number of amides is 1. The number of hydrogen-bond donors (Lipinski definition) is 2. The third-order valence-corrected chi connectivity index (χ3v) is 3.44. The molecule has 0 unspecified atom stereocenters. The first-order valence-corrected chi connectivity index (χ1v) is 7.21. The van der Waals surface area contributed by atoms with Crippen molar-refractivity contribution >= 4 is 22.9 Å². The smallest absolute Gasteiger partial charge is 0.303 e. The highest BCUT2D eigenvalue weighted by Gasteiger charge is 2.17. The van der Waals surface area contributed by atoms with Gasteiger partial charge in [-0.25, -0.2) is 4.98 Å². The number of unbranched alkanes of at least 4 members (excludes halogenated alkanes) is 1. The fraction of sp³-hybridized carbons (Fsp3) is 0.467. The van der Waals surface area contributed by atoms with E-state index in [0.717, 1.165) is 16.8 Å². The predicted molar refractivity (Wildman–Crippen MR) is 81.8 cm³/mol. The van der Waals surface area contributed by atoms with Gasteiger partial charge in [-0.3, -0.25) is 14.3 Å². The number of pyridine rings is 1. The SMILES string of the molecule is Cc1cc(C(=O)NCCCCC(=O)O)c2c(C)nn(C)c2n1. The topological polar surface area (TPSA) is 97.1 Å². The average Bonchev–Trinajstić information content (AvgIpc) is 2.72. The molecular weight excluding hydrogens is 284 g/mol. The summed E-state index contributed by atoms with van der Waals surface area (Å²) in [7, 11) is 1.80. The number of fused-ring (bicyclic) bond motifs is 1. The summed E-state index contributed by atoms with van der Waals surface area (Å²) in [5.41, 5.74) is 2.77. The number of aromatic nitrogens is 3. The lowest BCUT2D eigenvalue weighted by Crippen LogP contribution is -2.25. The number of carbonyl (C=O) groups excluding carboxylic acids is 1. The van der Waals surface area contributed by atoms with Crippen molar-refractivity contribution in [2.24, 2.45) is 7.05 Å². The summed E-state index contributed by atoms with van der Waals surface area (Å²) < 4.78 is 1.67. The van der Waals surface area contributed by atoms with E-state index in [1.54, 1.807) is 17.8 Å². The molecule has 0 atom stereocenters. The number of carboxylic acids is 1. The van der Waals surface area contributed by atoms with Crippen molar-refractivity contribution < 1.29 is 14.7 Å². The quantitative estimate of drug-likeness (QED) is 0.790. The molecule has 0 aliphatic heterocycles. The number of nitrogens with zero attached hydrogens (tertiary/aromatic N) is 3. The van der Waals surface area contributed by atoms with Crippen LogP contribution in [0.15, 0.2) is 6.07 Å². The van der Waals surface area contributed by atoms with Crippen LogP contribution in [0.2, 0.25) is 0 Å². The molecular formula is C15H20N4O3. The number of hydrogen-bond acceptors (Lipinski definition) is 4. The molecule has 2 aromatic heterocycles. The lowest BCUT2D eigenvalue weighted by Gasteiger charge is -2.07. The molecule has 0 aromatic carbocycles. The van der Waals surface area contributed by atoms with Crippen LogP contribution in [0.4, 0.5) is 0 Å². The zero-order chi connectivity index (χ0) is 16.3. The molecule has 2 rings (SSSR count). The van der Waals surface area contributed by atoms with Gasteiger partial charge in [-0.05, 0) is 32.8 Å². The molecule has 0 spiro atoms. The minimum absolute atomic E-state index is 0.121. The van der Waals surface area contributed by atoms with E-state index in [1.807, 2.05) is 13.8 Å². The van der Waals surface area contributed by atoms with Crippen LogP contribution in [-0.2, 0) is 11.8 Å². The van der Waals surface area contributed by atoms with Gasteiger partial charge in [0.1, 0.15) is 0 Å². The van der Waals surface area contributed by atoms with Gasteiger partial charge in [0.25, 0.3) is 5.91 Å². The largest absolute Gasteiger partial charge is 0.481 e. The predicted octanol–water partition coefficient (Wildman–Crippen LogP) is 1.57. The molecule has 22 heavy (non-hydrogen) atoms. The molecule has 0 aliphatic rings. The first-order valence-electron chi connectivity index (χ1n) is 7.21. The van der Waals surface area contributed by atoms with Gasteiger partial charge >= 0.3 is 5.97 Å². The van der Waals surface area contributed by atoms with Gasteiger partial charge in [0.05, 0.1) is 16.6 Å². The molecule has 7 heteroatoms. The Kier molecular flexibility index (Phi) is 4.75. The van der Waals surface area contributed by atoms with E-state index >= 15 is 0 Å². The van der Waals surface area contributed by atoms with Gasteiger partial charge in [0, 0.05) is 25.7 Å². The van der Waals surface area contributed by atoms with E-state index in [2.05, 4.69) is 15.4 Å². The standard InChI is InChI=1S/C15H20N4O3/c1-9-8-11(13-10(2)18-19(3)14(13)17-9)15(22)16-7-5-4-6-12(20)21/h8H,4-7H2,1-3H3,(H,16,22)(H,20,21). The molecule has 2 N–H and O–H groups in total. The second-order valence-corrected chi connectivity index (χ2v) is 5.33. The molecule has 2 aromatic rings. The minimum atomic E-state index is -0.816. The van der Waals surface area contributed by atoms with Crippen molar-refractivity contribution in [3.05, 3.63) is 23.0 Å². The highest BCUT2D eigenvalue weighted by molar-refractivity contribution is 6.06. The van der Waals surface area contributed by atoms with Crippen molar-refractivity contribution in [3.8, 4) is 0 Å². The van der Waals surface area contributed by atoms with Crippen LogP contribution in [0.25, 0.3) is 11.0 Å². The first kappa shape index (κ1) is 15.9. The van der Waals surface area contributed by atoms with Crippen LogP contribution in [-0.4, -0.2) is 38.3 Å². The lowest BCUT2D eigenvalue weighted by atomic mass is 10.1. The number of nitrogens with one attached hydrogen (secondary N) is 1. The zero-order valence-corrected chi connectivity index (χ0v) is 13.0. The Hall–Kier alpha value is -2.44. The fourth-order valence-electron chi connectivity index (χ4n) is 2.45. The molecule has 0 aliphatic carbocycles. The molecule has 0 bridgehead atoms. The Labute approximate surface area is 128 Å². The number of aryl methyl sites for hydroxylation is 3. The maximum atomic E-state index is 12.4. The first-order chi connectivity index (χ1) is 10.4. The van der Waals surface area contributed by atoms with E-state index in [1.165, 1.54) is 0 Å². The second kappa shape index (κ2) is 6.55. The van der Waals surface area contributed by atoms with Crippen LogP contribution in [0.3, 0.4) is 0 Å². The van der Waals surface area contributed by atoms with Gasteiger partial charge < -0.3 is 10.4 Å². The van der Waals surface area contributed by atoms with Gasteiger partial charge in [0.15, 0.2) is 5.65 Å². The van der Waals surface area contributed by atoms with Crippen LogP contribution in [0.1, 0.15) is 41.0 Å². The third-order valence-electron chi connectivity index (χ3n) is 3.44. The Balaban J connectivity index is 2.13. The molecule has 0 radical (unpaired) electrons. The van der Waals surface area contributed by atoms with Crippen molar-refractivity contribution in [1.29, 1.82) is 0 Å². The number of rotatable bonds is 6. The van der Waals surface area contributed by atoms with E-state index in [9.17, 15) is 9.59 Å². The summed E-state index contributed by atoms with van der Waals surface area (Å²) in [6.07, 6.45) is 1.31. The monoisotopic (exact) mass is 304 g/mol. The van der Waals surface area contributed by atoms with Gasteiger partial charge in [-0.15, -0.1) is 0 Å². The van der Waals surface area contributed by atoms with Crippen molar-refractivity contribution in [2.45, 2.75) is 33.1 Å². The Morgan fingerprint density at radius 3 is 2.73 bits per heavy atom. The van der Waals surface area contributed by atoms with E-state index in [4.69, 9.17) is 5.11 Å². The number of carbonyl (C=O) groups is 2. The number of carboxylic acid groups (broad SMARTS) is 1. The van der Waals surface area contributed by atoms with E-state index in [0.29, 0.717) is 30.6 Å². The van der Waals surface area contributed by atoms with Gasteiger partial charge in [-0.2, -0.15) is 5.10 Å². The summed E-state index contributed by atoms with van der Waals surface area (Å²) in [5, 5.41) is 16.5. The van der Waals surface area contributed by atoms with E-state index in [-0.39, 0.29) is 12.3 Å². The van der Waals surface area contributed by atoms with Crippen molar-refractivity contribution in [3.63, 3.8) is 0 Å². The maximum absolute atomic E-state index is 12.4. The van der Waals surface area contributed by atoms with Gasteiger partial charge in [0.2, 0.25) is 0 Å². The Morgan fingerprint density at radius 1 is 1.32 bits per heavy atom. The molecule has 2 heterocycles. The van der Waals surface area contributed by atoms with Crippen LogP contribution < -0.4 is 5.32 Å². The molecule has 118 valence electrons. The summed E-state index contributed by atoms with van der Waals surface area (Å²) >= 11 is 0. The van der Waals surface area contributed by atoms with Crippen molar-refractivity contribution in [1.82, 2.24) is 20.1 Å². The molecule has 0 saturated carbocycles. The molecule has 7 nitrogen and oxygen atoms in total. The molecule has 0 saturated heterocycles. The Morgan fingerprint density at radius 2 is 2.05 bits per heavy atom. The Bertz CT molecular complexity index is 721. The summed E-state index contributed by atoms with van der Waals surface area (Å²) in [6, 6.07) is 1.75. The normalized spacial score (nSPS) is 10.9. The highest BCUT2D eigenvalue weighted by Crippen LogP contribution is 2.21. The van der Waals surface area contributed by atoms with Gasteiger partial charge in [-0.1, -0.05) is 0 Å². The minimum Gasteiger partial charge on any atom is -0.481 e. The van der Waals surface area contributed by atoms with E-state index < -0.39 is 5.97 Å². The number of aliphatic carboxylic acids is 1. The molecule has 1 amide bonds. The third kappa shape index (κ3) is 3.41. The summed E-state index contributed by atoms with van der Waals surface area (Å²) in [6.45, 7) is 4.14. The van der Waals surface area contributed by atoms with Crippen molar-refractivity contribution in [2.75, 3.05) is 6.54 Å². The maximum Gasteiger partial charge on any atom is 0.303 e. The van der Waals surface area contributed by atoms with Crippen LogP contribution in [0, 0.1) is 13.8 Å². The lowest BCUT2D eigenvalue weighted by molar-refractivity contribution is -0.137. The average molecular weight is 304 g/mol. The summed E-state index contributed by atoms with van der Waals surface area (Å²) in [5.74, 6) is -0.995. The second-order valence-electron chi connectivity index (χ2n) is 5.33. The summed E-state index contributed by atoms with van der Waals surface area (Å²) in [4.78, 5) is 27.2. The van der Waals surface area contributed by atoms with Crippen LogP contribution in [0.5, 0.6) is 0 Å².